The predicted octanol–water partition coefficient (Wildman–Crippen LogP) is 4.59. The molecule has 2 rings (SSSR count). The Balaban J connectivity index is 2.49. The number of halogens is 1. The van der Waals surface area contributed by atoms with Gasteiger partial charge in [0, 0.05) is 22.7 Å². The Morgan fingerprint density at radius 3 is 2.61 bits per heavy atom. The molecule has 0 aliphatic carbocycles. The highest BCUT2D eigenvalue weighted by Crippen LogP contribution is 2.28. The van der Waals surface area contributed by atoms with E-state index in [0.29, 0.717) is 17.9 Å². The van der Waals surface area contributed by atoms with Crippen LogP contribution in [0.1, 0.15) is 61.7 Å². The summed E-state index contributed by atoms with van der Waals surface area (Å²) in [6.45, 7) is 7.97. The lowest BCUT2D eigenvalue weighted by Gasteiger charge is -2.13. The largest absolute Gasteiger partial charge is 0.480 e. The summed E-state index contributed by atoms with van der Waals surface area (Å²) in [5, 5.41) is 14.8. The SMILES string of the molecule is CCC(C(=O)O)n1nc(C(C)C)c(Cc2cccc(Cl)c2)c1C. The third-order valence-corrected chi connectivity index (χ3v) is 4.32. The van der Waals surface area contributed by atoms with Gasteiger partial charge in [-0.3, -0.25) is 4.68 Å². The lowest BCUT2D eigenvalue weighted by atomic mass is 9.98. The molecule has 2 aromatic rings. The van der Waals surface area contributed by atoms with Crippen LogP contribution in [0.2, 0.25) is 5.02 Å². The first-order valence-corrected chi connectivity index (χ1v) is 8.28. The van der Waals surface area contributed by atoms with Crippen molar-refractivity contribution in [1.82, 2.24) is 9.78 Å². The Morgan fingerprint density at radius 2 is 2.09 bits per heavy atom. The number of hydrogen-bond donors (Lipinski definition) is 1. The van der Waals surface area contributed by atoms with E-state index in [0.717, 1.165) is 22.5 Å². The van der Waals surface area contributed by atoms with Crippen LogP contribution >= 0.6 is 11.6 Å². The minimum atomic E-state index is -0.845. The van der Waals surface area contributed by atoms with Crippen LogP contribution in [0.25, 0.3) is 0 Å². The van der Waals surface area contributed by atoms with Crippen molar-refractivity contribution in [2.75, 3.05) is 0 Å². The molecule has 0 bridgehead atoms. The van der Waals surface area contributed by atoms with E-state index in [4.69, 9.17) is 11.6 Å². The Kier molecular flexibility index (Phi) is 5.47. The molecule has 124 valence electrons. The molecule has 0 radical (unpaired) electrons. The van der Waals surface area contributed by atoms with Crippen LogP contribution in [0.3, 0.4) is 0 Å². The molecule has 1 unspecified atom stereocenters. The third-order valence-electron chi connectivity index (χ3n) is 4.09. The van der Waals surface area contributed by atoms with Crippen LogP contribution in [0.5, 0.6) is 0 Å². The number of carboxylic acids is 1. The van der Waals surface area contributed by atoms with E-state index in [1.807, 2.05) is 38.1 Å². The van der Waals surface area contributed by atoms with Crippen LogP contribution in [0, 0.1) is 6.92 Å². The molecule has 0 saturated carbocycles. The fraction of sp³-hybridized carbons (Fsp3) is 0.444. The summed E-state index contributed by atoms with van der Waals surface area (Å²) in [7, 11) is 0. The fourth-order valence-electron chi connectivity index (χ4n) is 2.86. The lowest BCUT2D eigenvalue weighted by Crippen LogP contribution is -2.20. The summed E-state index contributed by atoms with van der Waals surface area (Å²) in [6.07, 6.45) is 1.21. The summed E-state index contributed by atoms with van der Waals surface area (Å²) in [4.78, 5) is 11.5. The van der Waals surface area contributed by atoms with Gasteiger partial charge < -0.3 is 5.11 Å². The van der Waals surface area contributed by atoms with Crippen LogP contribution in [0.4, 0.5) is 0 Å². The van der Waals surface area contributed by atoms with Crippen molar-refractivity contribution in [3.8, 4) is 0 Å². The fourth-order valence-corrected chi connectivity index (χ4v) is 3.08. The normalized spacial score (nSPS) is 12.6. The van der Waals surface area contributed by atoms with Crippen molar-refractivity contribution >= 4 is 17.6 Å². The first kappa shape index (κ1) is 17.5. The second-order valence-electron chi connectivity index (χ2n) is 6.12. The molecular weight excluding hydrogens is 312 g/mol. The molecular formula is C18H23ClN2O2. The molecule has 0 amide bonds. The number of carbonyl (C=O) groups is 1. The van der Waals surface area contributed by atoms with Crippen LogP contribution in [-0.2, 0) is 11.2 Å². The molecule has 0 spiro atoms. The molecule has 1 atom stereocenters. The van der Waals surface area contributed by atoms with Crippen molar-refractivity contribution in [2.45, 2.75) is 52.5 Å². The van der Waals surface area contributed by atoms with E-state index in [9.17, 15) is 9.90 Å². The Labute approximate surface area is 142 Å². The molecule has 1 N–H and O–H groups in total. The quantitative estimate of drug-likeness (QED) is 0.840. The second-order valence-corrected chi connectivity index (χ2v) is 6.55. The maximum atomic E-state index is 11.5. The minimum absolute atomic E-state index is 0.232. The average Bonchev–Trinajstić information content (AvgIpc) is 2.78. The highest BCUT2D eigenvalue weighted by molar-refractivity contribution is 6.30. The van der Waals surface area contributed by atoms with Gasteiger partial charge >= 0.3 is 5.97 Å². The summed E-state index contributed by atoms with van der Waals surface area (Å²) in [5.41, 5.74) is 4.08. The van der Waals surface area contributed by atoms with Crippen LogP contribution in [-0.4, -0.2) is 20.9 Å². The summed E-state index contributed by atoms with van der Waals surface area (Å²) < 4.78 is 1.66. The van der Waals surface area contributed by atoms with Gasteiger partial charge in [0.2, 0.25) is 0 Å². The maximum Gasteiger partial charge on any atom is 0.328 e. The van der Waals surface area contributed by atoms with Crippen molar-refractivity contribution < 1.29 is 9.90 Å². The van der Waals surface area contributed by atoms with Gasteiger partial charge in [-0.05, 0) is 37.0 Å². The number of rotatable bonds is 6. The summed E-state index contributed by atoms with van der Waals surface area (Å²) >= 11 is 6.07. The van der Waals surface area contributed by atoms with Crippen molar-refractivity contribution in [3.05, 3.63) is 51.8 Å². The molecule has 0 aliphatic heterocycles. The number of hydrogen-bond acceptors (Lipinski definition) is 2. The molecule has 0 saturated heterocycles. The van der Waals surface area contributed by atoms with Gasteiger partial charge in [-0.2, -0.15) is 5.10 Å². The lowest BCUT2D eigenvalue weighted by molar-refractivity contribution is -0.141. The minimum Gasteiger partial charge on any atom is -0.480 e. The van der Waals surface area contributed by atoms with Crippen molar-refractivity contribution in [3.63, 3.8) is 0 Å². The first-order chi connectivity index (χ1) is 10.8. The van der Waals surface area contributed by atoms with E-state index < -0.39 is 12.0 Å². The average molecular weight is 335 g/mol. The number of aliphatic carboxylic acids is 1. The highest BCUT2D eigenvalue weighted by Gasteiger charge is 2.25. The van der Waals surface area contributed by atoms with E-state index in [1.165, 1.54) is 0 Å². The Morgan fingerprint density at radius 1 is 1.39 bits per heavy atom. The van der Waals surface area contributed by atoms with Crippen molar-refractivity contribution in [2.24, 2.45) is 0 Å². The van der Waals surface area contributed by atoms with Gasteiger partial charge in [-0.1, -0.05) is 44.5 Å². The van der Waals surface area contributed by atoms with Gasteiger partial charge in [-0.25, -0.2) is 4.79 Å². The zero-order chi connectivity index (χ0) is 17.1. The van der Waals surface area contributed by atoms with E-state index in [-0.39, 0.29) is 5.92 Å². The second kappa shape index (κ2) is 7.18. The number of carboxylic acid groups (broad SMARTS) is 1. The Hall–Kier alpha value is -1.81. The van der Waals surface area contributed by atoms with Gasteiger partial charge in [0.25, 0.3) is 0 Å². The van der Waals surface area contributed by atoms with Gasteiger partial charge in [-0.15, -0.1) is 0 Å². The topological polar surface area (TPSA) is 55.1 Å². The molecule has 1 aromatic carbocycles. The van der Waals surface area contributed by atoms with Gasteiger partial charge in [0.15, 0.2) is 0 Å². The zero-order valence-electron chi connectivity index (χ0n) is 14.0. The smallest absolute Gasteiger partial charge is 0.328 e. The monoisotopic (exact) mass is 334 g/mol. The molecule has 4 nitrogen and oxygen atoms in total. The molecule has 0 fully saturated rings. The van der Waals surface area contributed by atoms with Gasteiger partial charge in [0.1, 0.15) is 6.04 Å². The third kappa shape index (κ3) is 3.75. The maximum absolute atomic E-state index is 11.5. The summed E-state index contributed by atoms with van der Waals surface area (Å²) in [5.74, 6) is -0.613. The number of benzene rings is 1. The van der Waals surface area contributed by atoms with E-state index in [1.54, 1.807) is 4.68 Å². The van der Waals surface area contributed by atoms with E-state index >= 15 is 0 Å². The van der Waals surface area contributed by atoms with Crippen LogP contribution < -0.4 is 0 Å². The summed E-state index contributed by atoms with van der Waals surface area (Å²) in [6, 6.07) is 7.12. The molecule has 1 aromatic heterocycles. The molecule has 23 heavy (non-hydrogen) atoms. The molecule has 5 heteroatoms. The standard InChI is InChI=1S/C18H23ClN2O2/c1-5-16(18(22)23)21-12(4)15(17(20-21)11(2)3)10-13-7-6-8-14(19)9-13/h6-9,11,16H,5,10H2,1-4H3,(H,22,23). The molecule has 0 aliphatic rings. The molecule has 1 heterocycles. The van der Waals surface area contributed by atoms with Crippen LogP contribution in [0.15, 0.2) is 24.3 Å². The number of nitrogens with zero attached hydrogens (tertiary/aromatic N) is 2. The van der Waals surface area contributed by atoms with Gasteiger partial charge in [0.05, 0.1) is 5.69 Å². The zero-order valence-corrected chi connectivity index (χ0v) is 14.8. The Bertz CT molecular complexity index is 707. The number of aromatic nitrogens is 2. The highest BCUT2D eigenvalue weighted by atomic mass is 35.5. The first-order valence-electron chi connectivity index (χ1n) is 7.90. The van der Waals surface area contributed by atoms with Crippen molar-refractivity contribution in [1.29, 1.82) is 0 Å². The predicted molar refractivity (Wildman–Crippen MR) is 92.3 cm³/mol. The van der Waals surface area contributed by atoms with E-state index in [2.05, 4.69) is 18.9 Å².